The number of carbonyl (C=O) groups is 2. The Labute approximate surface area is 165 Å². The van der Waals surface area contributed by atoms with Crippen LogP contribution in [0.5, 0.6) is 0 Å². The lowest BCUT2D eigenvalue weighted by Crippen LogP contribution is -2.37. The Balaban J connectivity index is 2.23. The van der Waals surface area contributed by atoms with Crippen LogP contribution in [0.25, 0.3) is 0 Å². The van der Waals surface area contributed by atoms with Gasteiger partial charge in [-0.3, -0.25) is 9.10 Å². The van der Waals surface area contributed by atoms with Crippen molar-refractivity contribution in [2.75, 3.05) is 29.0 Å². The minimum absolute atomic E-state index is 0.245. The fourth-order valence-electron chi connectivity index (χ4n) is 2.63. The molecule has 0 fully saturated rings. The van der Waals surface area contributed by atoms with Crippen LogP contribution in [-0.2, 0) is 19.6 Å². The Morgan fingerprint density at radius 1 is 1.07 bits per heavy atom. The number of amides is 1. The summed E-state index contributed by atoms with van der Waals surface area (Å²) in [5.74, 6) is -0.997. The molecule has 0 saturated carbocycles. The van der Waals surface area contributed by atoms with E-state index >= 15 is 0 Å². The van der Waals surface area contributed by atoms with Crippen LogP contribution >= 0.6 is 0 Å². The number of ether oxygens (including phenoxy) is 1. The number of nitrogens with one attached hydrogen (secondary N) is 1. The molecule has 150 valence electrons. The fraction of sp³-hybridized carbons (Fsp3) is 0.300. The number of sulfonamides is 1. The van der Waals surface area contributed by atoms with Gasteiger partial charge in [-0.15, -0.1) is 0 Å². The lowest BCUT2D eigenvalue weighted by Gasteiger charge is -2.22. The van der Waals surface area contributed by atoms with Crippen LogP contribution < -0.4 is 9.62 Å². The Morgan fingerprint density at radius 3 is 2.29 bits per heavy atom. The van der Waals surface area contributed by atoms with Gasteiger partial charge in [0.25, 0.3) is 0 Å². The normalized spacial score (nSPS) is 11.0. The zero-order valence-electron chi connectivity index (χ0n) is 16.4. The predicted molar refractivity (Wildman–Crippen MR) is 109 cm³/mol. The van der Waals surface area contributed by atoms with Crippen molar-refractivity contribution in [1.82, 2.24) is 0 Å². The smallest absolute Gasteiger partial charge is 0.338 e. The highest BCUT2D eigenvalue weighted by molar-refractivity contribution is 7.92. The Kier molecular flexibility index (Phi) is 6.80. The molecule has 0 aliphatic heterocycles. The molecule has 8 heteroatoms. The number of anilines is 2. The van der Waals surface area contributed by atoms with Crippen molar-refractivity contribution < 1.29 is 22.7 Å². The van der Waals surface area contributed by atoms with E-state index in [1.807, 2.05) is 6.92 Å². The number of esters is 1. The Bertz CT molecular complexity index is 969. The number of benzene rings is 2. The quantitative estimate of drug-likeness (QED) is 0.717. The molecule has 0 aliphatic carbocycles. The average Bonchev–Trinajstić information content (AvgIpc) is 2.61. The van der Waals surface area contributed by atoms with Crippen LogP contribution in [0.2, 0.25) is 0 Å². The van der Waals surface area contributed by atoms with E-state index in [9.17, 15) is 18.0 Å². The van der Waals surface area contributed by atoms with Gasteiger partial charge in [0, 0.05) is 5.69 Å². The van der Waals surface area contributed by atoms with E-state index in [0.717, 1.165) is 16.1 Å². The molecule has 0 bridgehead atoms. The minimum atomic E-state index is -3.66. The lowest BCUT2D eigenvalue weighted by molar-refractivity contribution is -0.114. The van der Waals surface area contributed by atoms with Gasteiger partial charge in [0.05, 0.1) is 24.1 Å². The standard InChI is InChI=1S/C20H24N2O5S/c1-5-27-20(24)17-7-6-8-18(15(17)3)21-19(23)13-22(28(4,25)26)16-11-9-14(2)10-12-16/h6-12H,5,13H2,1-4H3,(H,21,23). The van der Waals surface area contributed by atoms with Gasteiger partial charge in [-0.05, 0) is 50.6 Å². The molecule has 0 aromatic heterocycles. The molecule has 28 heavy (non-hydrogen) atoms. The first-order valence-corrected chi connectivity index (χ1v) is 10.6. The second-order valence-electron chi connectivity index (χ2n) is 6.35. The lowest BCUT2D eigenvalue weighted by atomic mass is 10.1. The predicted octanol–water partition coefficient (Wildman–Crippen LogP) is 2.88. The molecular formula is C20H24N2O5S. The van der Waals surface area contributed by atoms with Crippen molar-refractivity contribution in [2.24, 2.45) is 0 Å². The summed E-state index contributed by atoms with van der Waals surface area (Å²) < 4.78 is 30.4. The number of aryl methyl sites for hydroxylation is 1. The van der Waals surface area contributed by atoms with Gasteiger partial charge >= 0.3 is 5.97 Å². The van der Waals surface area contributed by atoms with Gasteiger partial charge in [-0.1, -0.05) is 23.8 Å². The second kappa shape index (κ2) is 8.88. The molecule has 2 rings (SSSR count). The van der Waals surface area contributed by atoms with Crippen molar-refractivity contribution in [3.05, 3.63) is 59.2 Å². The van der Waals surface area contributed by atoms with Gasteiger partial charge in [-0.25, -0.2) is 13.2 Å². The number of carbonyl (C=O) groups excluding carboxylic acids is 2. The van der Waals surface area contributed by atoms with Gasteiger partial charge in [-0.2, -0.15) is 0 Å². The molecular weight excluding hydrogens is 380 g/mol. The first-order valence-electron chi connectivity index (χ1n) is 8.74. The molecule has 7 nitrogen and oxygen atoms in total. The zero-order valence-corrected chi connectivity index (χ0v) is 17.2. The third-order valence-electron chi connectivity index (χ3n) is 4.11. The van der Waals surface area contributed by atoms with Gasteiger partial charge in [0.15, 0.2) is 0 Å². The van der Waals surface area contributed by atoms with Crippen LogP contribution in [0.15, 0.2) is 42.5 Å². The van der Waals surface area contributed by atoms with Crippen LogP contribution in [-0.4, -0.2) is 39.7 Å². The largest absolute Gasteiger partial charge is 0.462 e. The summed E-state index contributed by atoms with van der Waals surface area (Å²) in [7, 11) is -3.66. The van der Waals surface area contributed by atoms with Crippen molar-refractivity contribution in [3.63, 3.8) is 0 Å². The van der Waals surface area contributed by atoms with Crippen molar-refractivity contribution in [3.8, 4) is 0 Å². The summed E-state index contributed by atoms with van der Waals surface area (Å²) in [6, 6.07) is 11.7. The van der Waals surface area contributed by atoms with E-state index < -0.39 is 21.9 Å². The van der Waals surface area contributed by atoms with Crippen LogP contribution in [0.3, 0.4) is 0 Å². The summed E-state index contributed by atoms with van der Waals surface area (Å²) in [6.07, 6.45) is 1.05. The molecule has 2 aromatic rings. The first-order chi connectivity index (χ1) is 13.1. The molecule has 0 saturated heterocycles. The fourth-order valence-corrected chi connectivity index (χ4v) is 3.49. The van der Waals surface area contributed by atoms with E-state index in [0.29, 0.717) is 22.5 Å². The maximum Gasteiger partial charge on any atom is 0.338 e. The summed E-state index contributed by atoms with van der Waals surface area (Å²) in [5.41, 5.74) is 2.70. The number of hydrogen-bond acceptors (Lipinski definition) is 5. The van der Waals surface area contributed by atoms with Crippen LogP contribution in [0, 0.1) is 13.8 Å². The SMILES string of the molecule is CCOC(=O)c1cccc(NC(=O)CN(c2ccc(C)cc2)S(C)(=O)=O)c1C. The van der Waals surface area contributed by atoms with Gasteiger partial charge in [0.1, 0.15) is 6.54 Å². The summed E-state index contributed by atoms with van der Waals surface area (Å²) >= 11 is 0. The Morgan fingerprint density at radius 2 is 1.71 bits per heavy atom. The number of rotatable bonds is 7. The van der Waals surface area contributed by atoms with E-state index in [1.54, 1.807) is 56.3 Å². The third kappa shape index (κ3) is 5.32. The van der Waals surface area contributed by atoms with E-state index in [4.69, 9.17) is 4.74 Å². The number of nitrogens with zero attached hydrogens (tertiary/aromatic N) is 1. The highest BCUT2D eigenvalue weighted by atomic mass is 32.2. The average molecular weight is 404 g/mol. The van der Waals surface area contributed by atoms with E-state index in [-0.39, 0.29) is 13.2 Å². The zero-order chi connectivity index (χ0) is 20.9. The highest BCUT2D eigenvalue weighted by Crippen LogP contribution is 2.21. The molecule has 1 N–H and O–H groups in total. The minimum Gasteiger partial charge on any atom is -0.462 e. The molecule has 1 amide bonds. The molecule has 0 heterocycles. The third-order valence-corrected chi connectivity index (χ3v) is 5.25. The van der Waals surface area contributed by atoms with Gasteiger partial charge < -0.3 is 10.1 Å². The first kappa shape index (κ1) is 21.4. The summed E-state index contributed by atoms with van der Waals surface area (Å²) in [5, 5.41) is 2.68. The summed E-state index contributed by atoms with van der Waals surface area (Å²) in [6.45, 7) is 5.15. The Hall–Kier alpha value is -2.87. The molecule has 2 aromatic carbocycles. The second-order valence-corrected chi connectivity index (χ2v) is 8.26. The van der Waals surface area contributed by atoms with Crippen molar-refractivity contribution in [1.29, 1.82) is 0 Å². The van der Waals surface area contributed by atoms with Gasteiger partial charge in [0.2, 0.25) is 15.9 Å². The molecule has 0 atom stereocenters. The van der Waals surface area contributed by atoms with E-state index in [2.05, 4.69) is 5.32 Å². The highest BCUT2D eigenvalue weighted by Gasteiger charge is 2.22. The molecule has 0 spiro atoms. The van der Waals surface area contributed by atoms with Crippen LogP contribution in [0.1, 0.15) is 28.4 Å². The molecule has 0 unspecified atom stereocenters. The summed E-state index contributed by atoms with van der Waals surface area (Å²) in [4.78, 5) is 24.5. The van der Waals surface area contributed by atoms with Crippen molar-refractivity contribution >= 4 is 33.3 Å². The topological polar surface area (TPSA) is 92.8 Å². The molecule has 0 radical (unpaired) electrons. The van der Waals surface area contributed by atoms with Crippen molar-refractivity contribution in [2.45, 2.75) is 20.8 Å². The monoisotopic (exact) mass is 404 g/mol. The van der Waals surface area contributed by atoms with E-state index in [1.165, 1.54) is 0 Å². The van der Waals surface area contributed by atoms with Crippen LogP contribution in [0.4, 0.5) is 11.4 Å². The molecule has 0 aliphatic rings. The maximum absolute atomic E-state index is 12.5. The number of hydrogen-bond donors (Lipinski definition) is 1. The maximum atomic E-state index is 12.5.